The first-order valence-corrected chi connectivity index (χ1v) is 7.41. The molecule has 1 aromatic heterocycles. The number of likely N-dealkylation sites (N-methyl/N-ethyl adjacent to an activating group) is 1. The second-order valence-electron chi connectivity index (χ2n) is 4.79. The fourth-order valence-corrected chi connectivity index (χ4v) is 3.34. The van der Waals surface area contributed by atoms with E-state index < -0.39 is 0 Å². The van der Waals surface area contributed by atoms with E-state index in [2.05, 4.69) is 4.98 Å². The number of hydrogen-bond acceptors (Lipinski definition) is 4. The second kappa shape index (κ2) is 4.92. The topological polar surface area (TPSA) is 59.2 Å². The molecule has 1 unspecified atom stereocenters. The summed E-state index contributed by atoms with van der Waals surface area (Å²) in [4.78, 5) is 17.9. The van der Waals surface area contributed by atoms with E-state index in [9.17, 15) is 9.18 Å². The third-order valence-electron chi connectivity index (χ3n) is 3.78. The third kappa shape index (κ3) is 1.81. The molecular weight excluding hydrogens is 372 g/mol. The van der Waals surface area contributed by atoms with Crippen LogP contribution in [0.2, 0.25) is 0 Å². The van der Waals surface area contributed by atoms with Crippen LogP contribution < -0.4 is 5.73 Å². The number of nitrogens with two attached hydrogens (primary N) is 1. The molecule has 2 heterocycles. The monoisotopic (exact) mass is 385 g/mol. The van der Waals surface area contributed by atoms with Crippen LogP contribution in [0.25, 0.3) is 10.9 Å². The lowest BCUT2D eigenvalue weighted by atomic mass is 10.0. The highest BCUT2D eigenvalue weighted by Gasteiger charge is 2.33. The van der Waals surface area contributed by atoms with Crippen LogP contribution in [-0.4, -0.2) is 22.7 Å². The van der Waals surface area contributed by atoms with Crippen molar-refractivity contribution < 1.29 is 9.18 Å². The highest BCUT2D eigenvalue weighted by molar-refractivity contribution is 14.1. The first-order chi connectivity index (χ1) is 9.58. The number of aldehydes is 1. The molecule has 1 aliphatic heterocycles. The molecule has 2 N–H and O–H groups in total. The molecule has 6 heteroatoms. The molecule has 0 radical (unpaired) electrons. The van der Waals surface area contributed by atoms with Crippen molar-refractivity contribution in [3.8, 4) is 0 Å². The Kier molecular flexibility index (Phi) is 3.37. The van der Waals surface area contributed by atoms with Gasteiger partial charge in [-0.05, 0) is 41.3 Å². The fourth-order valence-electron chi connectivity index (χ4n) is 2.75. The predicted molar refractivity (Wildman–Crippen MR) is 83.7 cm³/mol. The molecule has 0 fully saturated rings. The van der Waals surface area contributed by atoms with Crippen molar-refractivity contribution in [3.63, 3.8) is 0 Å². The van der Waals surface area contributed by atoms with Gasteiger partial charge in [-0.2, -0.15) is 0 Å². The van der Waals surface area contributed by atoms with E-state index in [4.69, 9.17) is 5.73 Å². The Morgan fingerprint density at radius 2 is 2.35 bits per heavy atom. The van der Waals surface area contributed by atoms with Crippen molar-refractivity contribution in [2.45, 2.75) is 19.5 Å². The lowest BCUT2D eigenvalue weighted by Gasteiger charge is -2.18. The average molecular weight is 385 g/mol. The van der Waals surface area contributed by atoms with Crippen LogP contribution in [0.15, 0.2) is 12.1 Å². The quantitative estimate of drug-likeness (QED) is 0.638. The summed E-state index contributed by atoms with van der Waals surface area (Å²) in [6, 6.07) is 2.66. The molecule has 0 amide bonds. The first kappa shape index (κ1) is 13.7. The number of pyridine rings is 1. The smallest absolute Gasteiger partial charge is 0.141 e. The zero-order valence-corrected chi connectivity index (χ0v) is 13.0. The maximum Gasteiger partial charge on any atom is 0.141 e. The number of fused-ring (bicyclic) bond motifs is 2. The maximum atomic E-state index is 13.7. The molecule has 3 rings (SSSR count). The number of hydrogen-bond donors (Lipinski definition) is 1. The minimum atomic E-state index is -0.352. The van der Waals surface area contributed by atoms with Crippen LogP contribution in [0.1, 0.15) is 24.2 Å². The Labute approximate surface area is 129 Å². The van der Waals surface area contributed by atoms with E-state index in [0.717, 1.165) is 24.1 Å². The van der Waals surface area contributed by atoms with E-state index in [1.807, 2.05) is 34.4 Å². The zero-order chi connectivity index (χ0) is 14.4. The normalized spacial score (nSPS) is 18.4. The summed E-state index contributed by atoms with van der Waals surface area (Å²) in [5.74, 6) is -0.303. The van der Waals surface area contributed by atoms with Crippen molar-refractivity contribution in [3.05, 3.63) is 32.8 Å². The van der Waals surface area contributed by atoms with Gasteiger partial charge in [0.2, 0.25) is 0 Å². The zero-order valence-electron chi connectivity index (χ0n) is 10.9. The molecule has 0 saturated carbocycles. The van der Waals surface area contributed by atoms with Gasteiger partial charge in [0.25, 0.3) is 0 Å². The van der Waals surface area contributed by atoms with Crippen LogP contribution in [0, 0.1) is 9.39 Å². The number of carbonyl (C=O) groups excluding carboxylic acids is 1. The summed E-state index contributed by atoms with van der Waals surface area (Å²) in [5.41, 5.74) is 8.88. The number of nitrogens with zero attached hydrogens (tertiary/aromatic N) is 2. The van der Waals surface area contributed by atoms with E-state index in [1.165, 1.54) is 6.07 Å². The molecule has 2 aromatic rings. The fraction of sp³-hybridized carbons (Fsp3) is 0.286. The van der Waals surface area contributed by atoms with Gasteiger partial charge < -0.3 is 10.5 Å². The first-order valence-electron chi connectivity index (χ1n) is 6.33. The van der Waals surface area contributed by atoms with Crippen molar-refractivity contribution in [1.82, 2.24) is 9.88 Å². The molecule has 0 spiro atoms. The third-order valence-corrected chi connectivity index (χ3v) is 4.81. The largest absolute Gasteiger partial charge is 0.398 e. The second-order valence-corrected chi connectivity index (χ2v) is 5.87. The van der Waals surface area contributed by atoms with Gasteiger partial charge in [-0.1, -0.05) is 6.92 Å². The van der Waals surface area contributed by atoms with Gasteiger partial charge in [0.05, 0.1) is 20.8 Å². The van der Waals surface area contributed by atoms with Crippen LogP contribution in [0.4, 0.5) is 10.1 Å². The minimum absolute atomic E-state index is 0.303. The molecular formula is C14H13FIN3O. The number of rotatable bonds is 2. The van der Waals surface area contributed by atoms with Gasteiger partial charge in [-0.3, -0.25) is 4.90 Å². The van der Waals surface area contributed by atoms with Crippen molar-refractivity contribution >= 4 is 45.5 Å². The van der Waals surface area contributed by atoms with Gasteiger partial charge >= 0.3 is 0 Å². The molecule has 104 valence electrons. The lowest BCUT2D eigenvalue weighted by Crippen LogP contribution is -2.22. The van der Waals surface area contributed by atoms with Crippen LogP contribution in [-0.2, 0) is 11.3 Å². The Morgan fingerprint density at radius 1 is 1.60 bits per heavy atom. The van der Waals surface area contributed by atoms with Gasteiger partial charge in [-0.25, -0.2) is 9.37 Å². The molecule has 0 bridgehead atoms. The summed E-state index contributed by atoms with van der Waals surface area (Å²) in [6.45, 7) is 3.30. The molecule has 0 saturated heterocycles. The summed E-state index contributed by atoms with van der Waals surface area (Å²) < 4.78 is 14.1. The summed E-state index contributed by atoms with van der Waals surface area (Å²) in [7, 11) is 0. The number of carbonyl (C=O) groups is 1. The van der Waals surface area contributed by atoms with E-state index in [-0.39, 0.29) is 11.9 Å². The molecule has 20 heavy (non-hydrogen) atoms. The van der Waals surface area contributed by atoms with Crippen LogP contribution in [0.5, 0.6) is 0 Å². The highest BCUT2D eigenvalue weighted by Crippen LogP contribution is 2.39. The van der Waals surface area contributed by atoms with Crippen molar-refractivity contribution in [2.75, 3.05) is 12.3 Å². The SMILES string of the molecule is CCN1Cc2nc3c(I)c(F)ccc3c(N)c2C1C=O. The van der Waals surface area contributed by atoms with Gasteiger partial charge in [0, 0.05) is 23.2 Å². The number of nitrogen functional groups attached to an aromatic ring is 1. The Hall–Kier alpha value is -1.28. The molecule has 1 aromatic carbocycles. The van der Waals surface area contributed by atoms with Crippen LogP contribution >= 0.6 is 22.6 Å². The lowest BCUT2D eigenvalue weighted by molar-refractivity contribution is -0.112. The highest BCUT2D eigenvalue weighted by atomic mass is 127. The minimum Gasteiger partial charge on any atom is -0.398 e. The van der Waals surface area contributed by atoms with Crippen molar-refractivity contribution in [2.24, 2.45) is 0 Å². The molecule has 0 aliphatic carbocycles. The Morgan fingerprint density at radius 3 is 3.00 bits per heavy atom. The number of benzene rings is 1. The summed E-state index contributed by atoms with van der Waals surface area (Å²) in [6.07, 6.45) is 0.897. The average Bonchev–Trinajstić information content (AvgIpc) is 2.81. The van der Waals surface area contributed by atoms with E-state index >= 15 is 0 Å². The number of halogens is 2. The van der Waals surface area contributed by atoms with Gasteiger partial charge in [0.15, 0.2) is 0 Å². The number of anilines is 1. The van der Waals surface area contributed by atoms with Crippen molar-refractivity contribution in [1.29, 1.82) is 0 Å². The standard InChI is InChI=1S/C14H13FIN3O/c1-2-19-5-9-11(10(19)6-20)13(17)7-3-4-8(15)12(16)14(7)18-9/h3-4,6,10H,2,5H2,1H3,(H2,17,18). The van der Waals surface area contributed by atoms with Gasteiger partial charge in [-0.15, -0.1) is 0 Å². The van der Waals surface area contributed by atoms with E-state index in [1.54, 1.807) is 6.07 Å². The predicted octanol–water partition coefficient (Wildman–Crippen LogP) is 2.64. The maximum absolute atomic E-state index is 13.7. The summed E-state index contributed by atoms with van der Waals surface area (Å²) in [5, 5.41) is 0.708. The summed E-state index contributed by atoms with van der Waals surface area (Å²) >= 11 is 1.94. The number of aromatic nitrogens is 1. The molecule has 1 aliphatic rings. The van der Waals surface area contributed by atoms with Gasteiger partial charge in [0.1, 0.15) is 12.1 Å². The molecule has 4 nitrogen and oxygen atoms in total. The van der Waals surface area contributed by atoms with Crippen LogP contribution in [0.3, 0.4) is 0 Å². The Balaban J connectivity index is 2.33. The Bertz CT molecular complexity index is 719. The van der Waals surface area contributed by atoms with E-state index in [0.29, 0.717) is 26.7 Å². The molecule has 1 atom stereocenters.